The molecule has 0 saturated carbocycles. The summed E-state index contributed by atoms with van der Waals surface area (Å²) in [5, 5.41) is 0. The van der Waals surface area contributed by atoms with Crippen LogP contribution in [0.3, 0.4) is 0 Å². The molecule has 0 aliphatic carbocycles. The molecule has 94 valence electrons. The Bertz CT molecular complexity index is 330. The van der Waals surface area contributed by atoms with Crippen LogP contribution in [0.1, 0.15) is 37.0 Å². The van der Waals surface area contributed by atoms with E-state index in [1.807, 2.05) is 19.1 Å². The maximum Gasteiger partial charge on any atom is 0.188 e. The van der Waals surface area contributed by atoms with E-state index in [4.69, 9.17) is 9.47 Å². The fraction of sp³-hybridized carbons (Fsp3) is 0.500. The van der Waals surface area contributed by atoms with E-state index >= 15 is 0 Å². The summed E-state index contributed by atoms with van der Waals surface area (Å²) in [5.41, 5.74) is 0.671. The Labute approximate surface area is 103 Å². The molecule has 0 bridgehead atoms. The van der Waals surface area contributed by atoms with Crippen molar-refractivity contribution in [3.8, 4) is 5.75 Å². The molecule has 0 aliphatic rings. The van der Waals surface area contributed by atoms with Gasteiger partial charge in [-0.2, -0.15) is 0 Å². The van der Waals surface area contributed by atoms with E-state index in [-0.39, 0.29) is 12.4 Å². The van der Waals surface area contributed by atoms with E-state index in [1.54, 1.807) is 12.1 Å². The summed E-state index contributed by atoms with van der Waals surface area (Å²) in [7, 11) is 0. The number of carbonyl (C=O) groups excluding carboxylic acids is 1. The average molecular weight is 236 g/mol. The Kier molecular flexibility index (Phi) is 6.33. The topological polar surface area (TPSA) is 35.5 Å². The lowest BCUT2D eigenvalue weighted by Gasteiger charge is -2.05. The van der Waals surface area contributed by atoms with Crippen molar-refractivity contribution in [2.75, 3.05) is 19.8 Å². The zero-order valence-corrected chi connectivity index (χ0v) is 10.6. The van der Waals surface area contributed by atoms with Crippen LogP contribution in [0, 0.1) is 0 Å². The van der Waals surface area contributed by atoms with E-state index < -0.39 is 0 Å². The zero-order valence-electron chi connectivity index (χ0n) is 10.6. The predicted molar refractivity (Wildman–Crippen MR) is 67.7 cm³/mol. The summed E-state index contributed by atoms with van der Waals surface area (Å²) in [6, 6.07) is 7.21. The Hall–Kier alpha value is -1.35. The van der Waals surface area contributed by atoms with E-state index in [2.05, 4.69) is 6.92 Å². The predicted octanol–water partition coefficient (Wildman–Crippen LogP) is 3.08. The molecule has 1 rings (SSSR count). The third-order valence-electron chi connectivity index (χ3n) is 2.23. The Morgan fingerprint density at radius 2 is 1.71 bits per heavy atom. The molecule has 0 amide bonds. The number of Topliss-reactive ketones (excluding diaryl/α,β-unsaturated/α-hetero) is 1. The molecule has 0 radical (unpaired) electrons. The minimum atomic E-state index is 0.0143. The van der Waals surface area contributed by atoms with Gasteiger partial charge in [-0.15, -0.1) is 0 Å². The van der Waals surface area contributed by atoms with Crippen LogP contribution in [-0.2, 0) is 4.74 Å². The molecule has 3 heteroatoms. The Morgan fingerprint density at radius 1 is 1.06 bits per heavy atom. The number of ketones is 1. The number of rotatable bonds is 8. The van der Waals surface area contributed by atoms with E-state index in [0.29, 0.717) is 18.8 Å². The van der Waals surface area contributed by atoms with Gasteiger partial charge in [0.05, 0.1) is 6.61 Å². The first-order valence-corrected chi connectivity index (χ1v) is 6.11. The minimum Gasteiger partial charge on any atom is -0.494 e. The summed E-state index contributed by atoms with van der Waals surface area (Å²) in [5.74, 6) is 0.818. The van der Waals surface area contributed by atoms with Crippen LogP contribution in [-0.4, -0.2) is 25.6 Å². The summed E-state index contributed by atoms with van der Waals surface area (Å²) in [6.45, 7) is 5.56. The third-order valence-corrected chi connectivity index (χ3v) is 2.23. The van der Waals surface area contributed by atoms with Crippen molar-refractivity contribution in [3.63, 3.8) is 0 Å². The van der Waals surface area contributed by atoms with Crippen molar-refractivity contribution in [2.24, 2.45) is 0 Å². The highest BCUT2D eigenvalue weighted by molar-refractivity contribution is 5.97. The van der Waals surface area contributed by atoms with Gasteiger partial charge in [-0.05, 0) is 37.1 Å². The highest BCUT2D eigenvalue weighted by atomic mass is 16.5. The van der Waals surface area contributed by atoms with Gasteiger partial charge in [0, 0.05) is 12.2 Å². The van der Waals surface area contributed by atoms with Crippen LogP contribution >= 0.6 is 0 Å². The molecule has 3 nitrogen and oxygen atoms in total. The number of carbonyl (C=O) groups is 1. The van der Waals surface area contributed by atoms with Crippen molar-refractivity contribution < 1.29 is 14.3 Å². The first-order valence-electron chi connectivity index (χ1n) is 6.11. The smallest absolute Gasteiger partial charge is 0.188 e. The first kappa shape index (κ1) is 13.7. The molecule has 17 heavy (non-hydrogen) atoms. The van der Waals surface area contributed by atoms with Gasteiger partial charge in [0.25, 0.3) is 0 Å². The molecule has 1 aromatic rings. The number of hydrogen-bond acceptors (Lipinski definition) is 3. The second-order valence-corrected chi connectivity index (χ2v) is 3.85. The van der Waals surface area contributed by atoms with Crippen molar-refractivity contribution >= 4 is 5.78 Å². The molecule has 0 N–H and O–H groups in total. The first-order chi connectivity index (χ1) is 8.27. The number of benzene rings is 1. The Morgan fingerprint density at radius 3 is 2.29 bits per heavy atom. The molecule has 0 aliphatic heterocycles. The molecule has 1 aromatic carbocycles. The monoisotopic (exact) mass is 236 g/mol. The van der Waals surface area contributed by atoms with Crippen LogP contribution in [0.15, 0.2) is 24.3 Å². The quantitative estimate of drug-likeness (QED) is 0.514. The molecule has 0 spiro atoms. The summed E-state index contributed by atoms with van der Waals surface area (Å²) in [4.78, 5) is 11.7. The van der Waals surface area contributed by atoms with E-state index in [0.717, 1.165) is 18.6 Å². The standard InChI is InChI=1S/C14H20O3/c1-3-9-16-11-14(15)12-5-7-13(8-6-12)17-10-4-2/h5-8H,3-4,9-11H2,1-2H3. The van der Waals surface area contributed by atoms with Crippen molar-refractivity contribution in [1.82, 2.24) is 0 Å². The maximum atomic E-state index is 11.7. The lowest BCUT2D eigenvalue weighted by molar-refractivity contribution is 0.0761. The van der Waals surface area contributed by atoms with Crippen LogP contribution in [0.2, 0.25) is 0 Å². The maximum absolute atomic E-state index is 11.7. The summed E-state index contributed by atoms with van der Waals surface area (Å²) in [6.07, 6.45) is 1.91. The van der Waals surface area contributed by atoms with Gasteiger partial charge >= 0.3 is 0 Å². The second kappa shape index (κ2) is 7.85. The van der Waals surface area contributed by atoms with Gasteiger partial charge in [-0.25, -0.2) is 0 Å². The van der Waals surface area contributed by atoms with Gasteiger partial charge < -0.3 is 9.47 Å². The molecule has 0 saturated heterocycles. The lowest BCUT2D eigenvalue weighted by Crippen LogP contribution is -2.09. The largest absolute Gasteiger partial charge is 0.494 e. The third kappa shape index (κ3) is 5.00. The lowest BCUT2D eigenvalue weighted by atomic mass is 10.1. The van der Waals surface area contributed by atoms with Gasteiger partial charge in [0.2, 0.25) is 0 Å². The highest BCUT2D eigenvalue weighted by Gasteiger charge is 2.05. The van der Waals surface area contributed by atoms with Gasteiger partial charge in [0.1, 0.15) is 12.4 Å². The van der Waals surface area contributed by atoms with Crippen molar-refractivity contribution in [3.05, 3.63) is 29.8 Å². The second-order valence-electron chi connectivity index (χ2n) is 3.85. The molecule has 0 heterocycles. The van der Waals surface area contributed by atoms with Crippen molar-refractivity contribution in [2.45, 2.75) is 26.7 Å². The van der Waals surface area contributed by atoms with Crippen molar-refractivity contribution in [1.29, 1.82) is 0 Å². The Balaban J connectivity index is 2.46. The molecule has 0 atom stereocenters. The molecular formula is C14H20O3. The van der Waals surface area contributed by atoms with E-state index in [1.165, 1.54) is 0 Å². The SMILES string of the molecule is CCCOCC(=O)c1ccc(OCCC)cc1. The normalized spacial score (nSPS) is 10.2. The molecular weight excluding hydrogens is 216 g/mol. The summed E-state index contributed by atoms with van der Waals surface area (Å²) >= 11 is 0. The van der Waals surface area contributed by atoms with Gasteiger partial charge in [-0.1, -0.05) is 13.8 Å². The number of hydrogen-bond donors (Lipinski definition) is 0. The van der Waals surface area contributed by atoms with Crippen LogP contribution in [0.4, 0.5) is 0 Å². The van der Waals surface area contributed by atoms with Crippen LogP contribution in [0.5, 0.6) is 5.75 Å². The zero-order chi connectivity index (χ0) is 12.5. The van der Waals surface area contributed by atoms with Crippen LogP contribution in [0.25, 0.3) is 0 Å². The minimum absolute atomic E-state index is 0.0143. The van der Waals surface area contributed by atoms with Gasteiger partial charge in [0.15, 0.2) is 5.78 Å². The van der Waals surface area contributed by atoms with Crippen LogP contribution < -0.4 is 4.74 Å². The molecule has 0 unspecified atom stereocenters. The molecule has 0 fully saturated rings. The fourth-order valence-corrected chi connectivity index (χ4v) is 1.35. The number of ether oxygens (including phenoxy) is 2. The van der Waals surface area contributed by atoms with E-state index in [9.17, 15) is 4.79 Å². The fourth-order valence-electron chi connectivity index (χ4n) is 1.35. The summed E-state index contributed by atoms with van der Waals surface area (Å²) < 4.78 is 10.7. The average Bonchev–Trinajstić information content (AvgIpc) is 2.37. The highest BCUT2D eigenvalue weighted by Crippen LogP contribution is 2.13. The van der Waals surface area contributed by atoms with Gasteiger partial charge in [-0.3, -0.25) is 4.79 Å². The molecule has 0 aromatic heterocycles.